The first-order valence-electron chi connectivity index (χ1n) is 6.34. The number of aliphatic hydroxyl groups is 2. The predicted octanol–water partition coefficient (Wildman–Crippen LogP) is 0.866. The Kier molecular flexibility index (Phi) is 17.1. The molecule has 0 fully saturated rings. The number of aliphatic hydroxyl groups excluding tert-OH is 2. The second kappa shape index (κ2) is 15.1. The van der Waals surface area contributed by atoms with Gasteiger partial charge in [-0.25, -0.2) is 0 Å². The van der Waals surface area contributed by atoms with E-state index in [0.717, 1.165) is 0 Å². The number of hydrogen-bond acceptors (Lipinski definition) is 5. The number of unbranched alkanes of at least 4 members (excludes halogenated alkanes) is 1. The van der Waals surface area contributed by atoms with Gasteiger partial charge in [-0.2, -0.15) is 0 Å². The Hall–Kier alpha value is 0.0300. The predicted molar refractivity (Wildman–Crippen MR) is 73.0 cm³/mol. The topological polar surface area (TPSA) is 90.2 Å². The van der Waals surface area contributed by atoms with Crippen LogP contribution in [0.1, 0.15) is 33.6 Å². The molecule has 3 N–H and O–H groups in total. The smallest absolute Gasteiger partial charge is 0.316 e. The summed E-state index contributed by atoms with van der Waals surface area (Å²) >= 11 is 0. The van der Waals surface area contributed by atoms with E-state index in [4.69, 9.17) is 15.1 Å². The third kappa shape index (κ3) is 14.1. The summed E-state index contributed by atoms with van der Waals surface area (Å²) in [6.07, 6.45) is 2.64. The van der Waals surface area contributed by atoms with Crippen LogP contribution >= 0.6 is 8.25 Å². The lowest BCUT2D eigenvalue weighted by Crippen LogP contribution is -2.39. The van der Waals surface area contributed by atoms with E-state index in [-0.39, 0.29) is 25.9 Å². The van der Waals surface area contributed by atoms with Gasteiger partial charge in [-0.15, -0.1) is 0 Å². The van der Waals surface area contributed by atoms with E-state index >= 15 is 0 Å². The first-order chi connectivity index (χ1) is 8.53. The van der Waals surface area contributed by atoms with Gasteiger partial charge in [-0.05, 0) is 6.92 Å². The third-order valence-corrected chi connectivity index (χ3v) is 2.76. The summed E-state index contributed by atoms with van der Waals surface area (Å²) in [5.41, 5.74) is 0. The van der Waals surface area contributed by atoms with Gasteiger partial charge in [0.05, 0.1) is 19.8 Å². The van der Waals surface area contributed by atoms with E-state index in [1.54, 1.807) is 11.8 Å². The van der Waals surface area contributed by atoms with Gasteiger partial charge in [0.1, 0.15) is 0 Å². The Morgan fingerprint density at radius 3 is 1.89 bits per heavy atom. The van der Waals surface area contributed by atoms with Crippen LogP contribution in [0.4, 0.5) is 0 Å². The third-order valence-electron chi connectivity index (χ3n) is 2.35. The molecule has 112 valence electrons. The molecule has 7 heteroatoms. The van der Waals surface area contributed by atoms with Crippen LogP contribution in [0.2, 0.25) is 0 Å². The first kappa shape index (κ1) is 20.3. The van der Waals surface area contributed by atoms with Crippen LogP contribution in [0, 0.1) is 0 Å². The summed E-state index contributed by atoms with van der Waals surface area (Å²) in [7, 11) is -2.89. The van der Waals surface area contributed by atoms with E-state index in [1.807, 2.05) is 0 Å². The van der Waals surface area contributed by atoms with Crippen LogP contribution < -0.4 is 0 Å². The van der Waals surface area contributed by atoms with Gasteiger partial charge in [-0.1, -0.05) is 26.7 Å². The van der Waals surface area contributed by atoms with Crippen LogP contribution in [0.5, 0.6) is 0 Å². The Labute approximate surface area is 111 Å². The lowest BCUT2D eigenvalue weighted by Gasteiger charge is -2.26. The molecule has 0 saturated heterocycles. The van der Waals surface area contributed by atoms with Gasteiger partial charge in [0.15, 0.2) is 0 Å². The Morgan fingerprint density at radius 1 is 1.17 bits per heavy atom. The van der Waals surface area contributed by atoms with Crippen LogP contribution in [-0.4, -0.2) is 59.0 Å². The van der Waals surface area contributed by atoms with E-state index in [2.05, 4.69) is 18.4 Å². The van der Waals surface area contributed by atoms with Crippen molar-refractivity contribution < 1.29 is 24.2 Å². The van der Waals surface area contributed by atoms with Gasteiger partial charge in [-0.3, -0.25) is 9.46 Å². The molecule has 6 nitrogen and oxygen atoms in total. The number of rotatable bonds is 9. The molecule has 0 aliphatic rings. The fourth-order valence-corrected chi connectivity index (χ4v) is 1.49. The molecule has 0 heterocycles. The standard InChI is InChI=1S/C7H18NO5P.C4H10/c1-7(6-13-14(11)12)8(2-4-9)3-5-10;1-3-4-2/h7,9-10,14H,2-6H2,1H3,(H,11,12);3-4H2,1-2H3. The van der Waals surface area contributed by atoms with E-state index < -0.39 is 8.25 Å². The average Bonchev–Trinajstić information content (AvgIpc) is 2.36. The van der Waals surface area contributed by atoms with Crippen molar-refractivity contribution in [1.29, 1.82) is 0 Å². The monoisotopic (exact) mass is 285 g/mol. The van der Waals surface area contributed by atoms with Gasteiger partial charge in [0, 0.05) is 19.1 Å². The molecule has 2 unspecified atom stereocenters. The number of nitrogens with zero attached hydrogens (tertiary/aromatic N) is 1. The minimum atomic E-state index is -2.89. The minimum Gasteiger partial charge on any atom is -0.395 e. The van der Waals surface area contributed by atoms with Gasteiger partial charge >= 0.3 is 8.25 Å². The van der Waals surface area contributed by atoms with Crippen molar-refractivity contribution in [2.45, 2.75) is 39.7 Å². The van der Waals surface area contributed by atoms with Gasteiger partial charge in [0.2, 0.25) is 0 Å². The Morgan fingerprint density at radius 2 is 1.61 bits per heavy atom. The molecular weight excluding hydrogens is 257 g/mol. The van der Waals surface area contributed by atoms with Crippen molar-refractivity contribution in [1.82, 2.24) is 4.90 Å². The summed E-state index contributed by atoms with van der Waals surface area (Å²) < 4.78 is 14.9. The molecule has 0 saturated carbocycles. The highest BCUT2D eigenvalue weighted by Crippen LogP contribution is 2.15. The summed E-state index contributed by atoms with van der Waals surface area (Å²) in [4.78, 5) is 10.2. The fraction of sp³-hybridized carbons (Fsp3) is 1.00. The SMILES string of the molecule is CC(CO[PH](=O)O)N(CCO)CCO.CCCC. The van der Waals surface area contributed by atoms with Crippen molar-refractivity contribution in [3.05, 3.63) is 0 Å². The van der Waals surface area contributed by atoms with E-state index in [1.165, 1.54) is 12.8 Å². The molecule has 0 rings (SSSR count). The maximum absolute atomic E-state index is 10.3. The molecule has 0 aromatic heterocycles. The van der Waals surface area contributed by atoms with Crippen molar-refractivity contribution in [3.63, 3.8) is 0 Å². The molecule has 0 aliphatic carbocycles. The Balaban J connectivity index is 0. The summed E-state index contributed by atoms with van der Waals surface area (Å²) in [6, 6.07) is -0.101. The first-order valence-corrected chi connectivity index (χ1v) is 7.61. The molecule has 0 amide bonds. The fourth-order valence-electron chi connectivity index (χ4n) is 1.11. The molecule has 0 aliphatic heterocycles. The van der Waals surface area contributed by atoms with Gasteiger partial charge in [0.25, 0.3) is 0 Å². The molecular formula is C11H28NO5P. The Bertz CT molecular complexity index is 186. The molecule has 0 aromatic rings. The minimum absolute atomic E-state index is 0.0152. The highest BCUT2D eigenvalue weighted by atomic mass is 31.1. The van der Waals surface area contributed by atoms with E-state index in [0.29, 0.717) is 13.1 Å². The average molecular weight is 285 g/mol. The van der Waals surface area contributed by atoms with Crippen LogP contribution in [0.3, 0.4) is 0 Å². The van der Waals surface area contributed by atoms with Crippen LogP contribution in [-0.2, 0) is 9.09 Å². The lowest BCUT2D eigenvalue weighted by atomic mass is 10.3. The summed E-state index contributed by atoms with van der Waals surface area (Å²) in [6.45, 7) is 7.08. The zero-order chi connectivity index (χ0) is 14.4. The quantitative estimate of drug-likeness (QED) is 0.545. The highest BCUT2D eigenvalue weighted by molar-refractivity contribution is 7.32. The molecule has 0 radical (unpaired) electrons. The second-order valence-electron chi connectivity index (χ2n) is 3.91. The normalized spacial score (nSPS) is 13.9. The summed E-state index contributed by atoms with van der Waals surface area (Å²) in [5.74, 6) is 0. The lowest BCUT2D eigenvalue weighted by molar-refractivity contribution is 0.0984. The molecule has 2 atom stereocenters. The van der Waals surface area contributed by atoms with Crippen molar-refractivity contribution >= 4 is 8.25 Å². The zero-order valence-corrected chi connectivity index (χ0v) is 12.6. The van der Waals surface area contributed by atoms with Crippen molar-refractivity contribution in [2.24, 2.45) is 0 Å². The van der Waals surface area contributed by atoms with Crippen molar-refractivity contribution in [2.75, 3.05) is 32.9 Å². The number of hydrogen-bond donors (Lipinski definition) is 3. The molecule has 0 bridgehead atoms. The highest BCUT2D eigenvalue weighted by Gasteiger charge is 2.13. The second-order valence-corrected chi connectivity index (χ2v) is 4.73. The zero-order valence-electron chi connectivity index (χ0n) is 11.6. The summed E-state index contributed by atoms with van der Waals surface area (Å²) in [5, 5.41) is 17.4. The molecule has 18 heavy (non-hydrogen) atoms. The van der Waals surface area contributed by atoms with Crippen molar-refractivity contribution in [3.8, 4) is 0 Å². The molecule has 0 aromatic carbocycles. The van der Waals surface area contributed by atoms with Crippen LogP contribution in [0.25, 0.3) is 0 Å². The van der Waals surface area contributed by atoms with Crippen LogP contribution in [0.15, 0.2) is 0 Å². The van der Waals surface area contributed by atoms with E-state index in [9.17, 15) is 4.57 Å². The van der Waals surface area contributed by atoms with Gasteiger partial charge < -0.3 is 19.6 Å². The maximum atomic E-state index is 10.3. The maximum Gasteiger partial charge on any atom is 0.316 e. The molecule has 0 spiro atoms. The largest absolute Gasteiger partial charge is 0.395 e.